The Kier molecular flexibility index (Phi) is 9.25. The maximum absolute atomic E-state index is 12.6. The van der Waals surface area contributed by atoms with E-state index in [1.165, 1.54) is 6.08 Å². The molecule has 0 aromatic heterocycles. The lowest BCUT2D eigenvalue weighted by atomic mass is 9.86. The monoisotopic (exact) mass is 450 g/mol. The molecule has 7 nitrogen and oxygen atoms in total. The summed E-state index contributed by atoms with van der Waals surface area (Å²) in [5.74, 6) is -0.266. The second-order valence-electron chi connectivity index (χ2n) is 8.73. The third kappa shape index (κ3) is 8.45. The van der Waals surface area contributed by atoms with Crippen LogP contribution in [0.25, 0.3) is 6.08 Å². The molecule has 2 N–H and O–H groups in total. The van der Waals surface area contributed by atoms with Gasteiger partial charge in [-0.05, 0) is 69.2 Å². The Balaban J connectivity index is 1.81. The molecule has 0 aliphatic heterocycles. The predicted molar refractivity (Wildman–Crippen MR) is 123 cm³/mol. The molecule has 1 aromatic carbocycles. The lowest BCUT2D eigenvalue weighted by Crippen LogP contribution is -2.42. The summed E-state index contributed by atoms with van der Waals surface area (Å²) >= 11 is 0. The fourth-order valence-electron chi connectivity index (χ4n) is 3.22. The number of ether oxygens (including phenoxy) is 1. The van der Waals surface area contributed by atoms with E-state index in [2.05, 4.69) is 10.0 Å². The van der Waals surface area contributed by atoms with Crippen LogP contribution in [-0.4, -0.2) is 38.2 Å². The van der Waals surface area contributed by atoms with Crippen LogP contribution in [0.5, 0.6) is 0 Å². The molecule has 0 unspecified atom stereocenters. The van der Waals surface area contributed by atoms with Crippen LogP contribution in [0.2, 0.25) is 0 Å². The Morgan fingerprint density at radius 3 is 2.23 bits per heavy atom. The maximum Gasteiger partial charge on any atom is 0.330 e. The minimum absolute atomic E-state index is 0.0503. The number of rotatable bonds is 9. The van der Waals surface area contributed by atoms with Crippen LogP contribution >= 0.6 is 0 Å². The molecular formula is C23H34N2O5S. The van der Waals surface area contributed by atoms with Gasteiger partial charge in [-0.2, -0.15) is 0 Å². The van der Waals surface area contributed by atoms with Gasteiger partial charge in [0.1, 0.15) is 0 Å². The number of benzene rings is 1. The van der Waals surface area contributed by atoms with Gasteiger partial charge in [-0.1, -0.05) is 26.0 Å². The van der Waals surface area contributed by atoms with Crippen LogP contribution in [-0.2, 0) is 24.3 Å². The van der Waals surface area contributed by atoms with Gasteiger partial charge in [0.15, 0.2) is 0 Å². The number of carbonyl (C=O) groups excluding carboxylic acids is 2. The standard InChI is InChI=1S/C23H34N2O5S/c1-16(2)15-30-22(26)14-7-18-5-10-20(11-6-18)24-23(27)19-8-12-21(13-9-19)25-31(28,29)17(3)4/h5-7,10-11,14,16-17,19,21,25H,8-9,12-13,15H2,1-4H3,(H,24,27). The summed E-state index contributed by atoms with van der Waals surface area (Å²) in [5, 5.41) is 2.46. The van der Waals surface area contributed by atoms with Crippen LogP contribution in [0, 0.1) is 11.8 Å². The Labute approximate surface area is 185 Å². The molecule has 0 bridgehead atoms. The Hall–Kier alpha value is -2.19. The van der Waals surface area contributed by atoms with E-state index in [0.717, 1.165) is 5.56 Å². The molecule has 1 aliphatic carbocycles. The fraction of sp³-hybridized carbons (Fsp3) is 0.565. The molecule has 1 aliphatic rings. The molecule has 2 rings (SSSR count). The first-order valence-electron chi connectivity index (χ1n) is 10.8. The van der Waals surface area contributed by atoms with Gasteiger partial charge in [-0.3, -0.25) is 4.79 Å². The highest BCUT2D eigenvalue weighted by Crippen LogP contribution is 2.26. The first kappa shape index (κ1) is 25.1. The molecule has 1 fully saturated rings. The number of hydrogen-bond acceptors (Lipinski definition) is 5. The summed E-state index contributed by atoms with van der Waals surface area (Å²) in [5.41, 5.74) is 1.52. The average Bonchev–Trinajstić information content (AvgIpc) is 2.71. The summed E-state index contributed by atoms with van der Waals surface area (Å²) in [4.78, 5) is 24.2. The van der Waals surface area contributed by atoms with Crippen molar-refractivity contribution in [3.63, 3.8) is 0 Å². The van der Waals surface area contributed by atoms with Gasteiger partial charge in [0.25, 0.3) is 0 Å². The smallest absolute Gasteiger partial charge is 0.330 e. The van der Waals surface area contributed by atoms with Crippen LogP contribution in [0.15, 0.2) is 30.3 Å². The van der Waals surface area contributed by atoms with E-state index in [1.807, 2.05) is 26.0 Å². The second-order valence-corrected chi connectivity index (χ2v) is 11.0. The van der Waals surface area contributed by atoms with E-state index >= 15 is 0 Å². The largest absolute Gasteiger partial charge is 0.462 e. The molecule has 0 radical (unpaired) electrons. The predicted octanol–water partition coefficient (Wildman–Crippen LogP) is 3.72. The minimum Gasteiger partial charge on any atom is -0.462 e. The SMILES string of the molecule is CC(C)COC(=O)C=Cc1ccc(NC(=O)C2CCC(NS(=O)(=O)C(C)C)CC2)cc1. The third-order valence-electron chi connectivity index (χ3n) is 5.20. The summed E-state index contributed by atoms with van der Waals surface area (Å²) in [6.45, 7) is 7.65. The number of esters is 1. The zero-order valence-corrected chi connectivity index (χ0v) is 19.6. The number of amides is 1. The van der Waals surface area contributed by atoms with Crippen molar-refractivity contribution < 1.29 is 22.7 Å². The van der Waals surface area contributed by atoms with Crippen molar-refractivity contribution in [2.45, 2.75) is 64.7 Å². The molecule has 8 heteroatoms. The summed E-state index contributed by atoms with van der Waals surface area (Å²) in [6.07, 6.45) is 5.67. The third-order valence-corrected chi connectivity index (χ3v) is 7.10. The van der Waals surface area contributed by atoms with Crippen molar-refractivity contribution in [1.29, 1.82) is 0 Å². The Morgan fingerprint density at radius 2 is 1.68 bits per heavy atom. The molecule has 1 amide bonds. The molecule has 0 saturated heterocycles. The van der Waals surface area contributed by atoms with Crippen molar-refractivity contribution >= 4 is 33.7 Å². The van der Waals surface area contributed by atoms with Crippen molar-refractivity contribution in [2.24, 2.45) is 11.8 Å². The number of hydrogen-bond donors (Lipinski definition) is 2. The topological polar surface area (TPSA) is 102 Å². The van der Waals surface area contributed by atoms with Crippen LogP contribution in [0.1, 0.15) is 58.9 Å². The van der Waals surface area contributed by atoms with Gasteiger partial charge in [0.2, 0.25) is 15.9 Å². The average molecular weight is 451 g/mol. The highest BCUT2D eigenvalue weighted by Gasteiger charge is 2.29. The first-order chi connectivity index (χ1) is 14.6. The van der Waals surface area contributed by atoms with E-state index in [-0.39, 0.29) is 23.8 Å². The Bertz CT molecular complexity index is 868. The van der Waals surface area contributed by atoms with Gasteiger partial charge in [0.05, 0.1) is 11.9 Å². The molecule has 1 saturated carbocycles. The van der Waals surface area contributed by atoms with E-state index in [1.54, 1.807) is 32.1 Å². The van der Waals surface area contributed by atoms with Gasteiger partial charge in [0, 0.05) is 23.7 Å². The summed E-state index contributed by atoms with van der Waals surface area (Å²) < 4.78 is 31.8. The molecule has 0 spiro atoms. The van der Waals surface area contributed by atoms with Crippen LogP contribution in [0.3, 0.4) is 0 Å². The fourth-order valence-corrected chi connectivity index (χ4v) is 4.20. The van der Waals surface area contributed by atoms with Crippen LogP contribution in [0.4, 0.5) is 5.69 Å². The van der Waals surface area contributed by atoms with Crippen molar-refractivity contribution in [2.75, 3.05) is 11.9 Å². The lowest BCUT2D eigenvalue weighted by molar-refractivity contribution is -0.138. The van der Waals surface area contributed by atoms with Crippen LogP contribution < -0.4 is 10.0 Å². The normalized spacial score (nSPS) is 19.7. The van der Waals surface area contributed by atoms with E-state index in [0.29, 0.717) is 43.9 Å². The van der Waals surface area contributed by atoms with E-state index in [4.69, 9.17) is 4.74 Å². The molecular weight excluding hydrogens is 416 g/mol. The first-order valence-corrected chi connectivity index (χ1v) is 12.4. The van der Waals surface area contributed by atoms with E-state index < -0.39 is 15.3 Å². The highest BCUT2D eigenvalue weighted by molar-refractivity contribution is 7.90. The Morgan fingerprint density at radius 1 is 1.06 bits per heavy atom. The molecule has 172 valence electrons. The minimum atomic E-state index is -3.29. The van der Waals surface area contributed by atoms with E-state index in [9.17, 15) is 18.0 Å². The summed E-state index contributed by atoms with van der Waals surface area (Å²) in [6, 6.07) is 7.12. The van der Waals surface area contributed by atoms with Gasteiger partial charge >= 0.3 is 5.97 Å². The van der Waals surface area contributed by atoms with Gasteiger partial charge in [-0.25, -0.2) is 17.9 Å². The van der Waals surface area contributed by atoms with Crippen molar-refractivity contribution in [3.8, 4) is 0 Å². The highest BCUT2D eigenvalue weighted by atomic mass is 32.2. The zero-order chi connectivity index (χ0) is 23.0. The van der Waals surface area contributed by atoms with Gasteiger partial charge in [-0.15, -0.1) is 0 Å². The van der Waals surface area contributed by atoms with Crippen molar-refractivity contribution in [3.05, 3.63) is 35.9 Å². The number of anilines is 1. The number of sulfonamides is 1. The zero-order valence-electron chi connectivity index (χ0n) is 18.8. The van der Waals surface area contributed by atoms with Crippen molar-refractivity contribution in [1.82, 2.24) is 4.72 Å². The molecule has 0 atom stereocenters. The number of nitrogens with one attached hydrogen (secondary N) is 2. The second kappa shape index (κ2) is 11.4. The molecule has 1 aromatic rings. The maximum atomic E-state index is 12.6. The van der Waals surface area contributed by atoms with Gasteiger partial charge < -0.3 is 10.1 Å². The molecule has 31 heavy (non-hydrogen) atoms. The number of carbonyl (C=O) groups is 2. The quantitative estimate of drug-likeness (QED) is 0.441. The molecule has 0 heterocycles. The lowest BCUT2D eigenvalue weighted by Gasteiger charge is -2.28. The summed E-state index contributed by atoms with van der Waals surface area (Å²) in [7, 11) is -3.29.